The second-order valence-electron chi connectivity index (χ2n) is 2.44. The molecule has 0 aliphatic rings. The van der Waals surface area contributed by atoms with Gasteiger partial charge in [-0.25, -0.2) is 0 Å². The van der Waals surface area contributed by atoms with Crippen molar-refractivity contribution in [3.8, 4) is 0 Å². The third-order valence-electron chi connectivity index (χ3n) is 1.37. The number of alkyl halides is 1. The van der Waals surface area contributed by atoms with Gasteiger partial charge in [0.25, 0.3) is 0 Å². The Labute approximate surface area is 77.1 Å². The molecule has 68 valence electrons. The van der Waals surface area contributed by atoms with E-state index < -0.39 is 0 Å². The quantitative estimate of drug-likeness (QED) is 0.505. The van der Waals surface area contributed by atoms with Gasteiger partial charge in [-0.2, -0.15) is 0 Å². The lowest BCUT2D eigenvalue weighted by Crippen LogP contribution is -1.98. The van der Waals surface area contributed by atoms with E-state index in [2.05, 4.69) is 15.9 Å². The van der Waals surface area contributed by atoms with Crippen molar-refractivity contribution < 1.29 is 9.84 Å². The van der Waals surface area contributed by atoms with E-state index in [1.165, 1.54) is 6.42 Å². The van der Waals surface area contributed by atoms with Gasteiger partial charge in [-0.05, 0) is 25.7 Å². The standard InChI is InChI=1S/C8H17BrO2/c9-5-1-3-7-11-8-4-2-6-10/h10H,1-8H2. The molecule has 1 N–H and O–H groups in total. The van der Waals surface area contributed by atoms with E-state index in [0.29, 0.717) is 0 Å². The molecule has 0 aliphatic carbocycles. The van der Waals surface area contributed by atoms with Crippen LogP contribution in [-0.4, -0.2) is 30.3 Å². The average molecular weight is 225 g/mol. The molecule has 0 aromatic carbocycles. The SMILES string of the molecule is OCCCCOCCCCBr. The molecule has 0 aromatic rings. The second-order valence-corrected chi connectivity index (χ2v) is 3.23. The fourth-order valence-electron chi connectivity index (χ4n) is 0.717. The summed E-state index contributed by atoms with van der Waals surface area (Å²) in [5, 5.41) is 9.51. The van der Waals surface area contributed by atoms with Gasteiger partial charge in [-0.3, -0.25) is 0 Å². The Kier molecular flexibility index (Phi) is 10.8. The summed E-state index contributed by atoms with van der Waals surface area (Å²) in [6, 6.07) is 0. The number of hydrogen-bond acceptors (Lipinski definition) is 2. The summed E-state index contributed by atoms with van der Waals surface area (Å²) in [6.45, 7) is 1.94. The van der Waals surface area contributed by atoms with Crippen LogP contribution >= 0.6 is 15.9 Å². The molecule has 0 aromatic heterocycles. The Morgan fingerprint density at radius 2 is 1.64 bits per heavy atom. The number of rotatable bonds is 8. The van der Waals surface area contributed by atoms with Gasteiger partial charge in [-0.1, -0.05) is 15.9 Å². The van der Waals surface area contributed by atoms with Crippen LogP contribution in [0.25, 0.3) is 0 Å². The monoisotopic (exact) mass is 224 g/mol. The first-order chi connectivity index (χ1) is 5.41. The summed E-state index contributed by atoms with van der Waals surface area (Å²) >= 11 is 3.35. The maximum absolute atomic E-state index is 8.45. The minimum atomic E-state index is 0.282. The lowest BCUT2D eigenvalue weighted by molar-refractivity contribution is 0.123. The van der Waals surface area contributed by atoms with Crippen LogP contribution in [0.2, 0.25) is 0 Å². The number of halogens is 1. The maximum Gasteiger partial charge on any atom is 0.0466 e. The highest BCUT2D eigenvalue weighted by Crippen LogP contribution is 1.95. The summed E-state index contributed by atoms with van der Waals surface area (Å²) < 4.78 is 5.31. The Balaban J connectivity index is 2.69. The van der Waals surface area contributed by atoms with Crippen LogP contribution in [-0.2, 0) is 4.74 Å². The molecule has 11 heavy (non-hydrogen) atoms. The van der Waals surface area contributed by atoms with Crippen LogP contribution in [0, 0.1) is 0 Å². The summed E-state index contributed by atoms with van der Waals surface area (Å²) in [5.41, 5.74) is 0. The van der Waals surface area contributed by atoms with Gasteiger partial charge < -0.3 is 9.84 Å². The fraction of sp³-hybridized carbons (Fsp3) is 1.00. The lowest BCUT2D eigenvalue weighted by atomic mass is 10.3. The summed E-state index contributed by atoms with van der Waals surface area (Å²) in [5.74, 6) is 0. The van der Waals surface area contributed by atoms with Crippen LogP contribution < -0.4 is 0 Å². The highest BCUT2D eigenvalue weighted by Gasteiger charge is 1.88. The number of aliphatic hydroxyl groups is 1. The molecule has 0 rings (SSSR count). The van der Waals surface area contributed by atoms with E-state index in [1.807, 2.05) is 0 Å². The van der Waals surface area contributed by atoms with Gasteiger partial charge in [-0.15, -0.1) is 0 Å². The molecular formula is C8H17BrO2. The highest BCUT2D eigenvalue weighted by molar-refractivity contribution is 9.09. The maximum atomic E-state index is 8.45. The summed E-state index contributed by atoms with van der Waals surface area (Å²) in [7, 11) is 0. The summed E-state index contributed by atoms with van der Waals surface area (Å²) in [4.78, 5) is 0. The Hall–Kier alpha value is 0.400. The van der Waals surface area contributed by atoms with Crippen molar-refractivity contribution in [3.63, 3.8) is 0 Å². The normalized spacial score (nSPS) is 10.4. The number of hydrogen-bond donors (Lipinski definition) is 1. The zero-order valence-corrected chi connectivity index (χ0v) is 8.48. The van der Waals surface area contributed by atoms with Gasteiger partial charge in [0.05, 0.1) is 0 Å². The minimum Gasteiger partial charge on any atom is -0.396 e. The van der Waals surface area contributed by atoms with E-state index in [0.717, 1.165) is 37.8 Å². The van der Waals surface area contributed by atoms with Gasteiger partial charge in [0.15, 0.2) is 0 Å². The van der Waals surface area contributed by atoms with E-state index >= 15 is 0 Å². The van der Waals surface area contributed by atoms with Crippen LogP contribution in [0.1, 0.15) is 25.7 Å². The van der Waals surface area contributed by atoms with E-state index in [4.69, 9.17) is 9.84 Å². The first-order valence-corrected chi connectivity index (χ1v) is 5.28. The van der Waals surface area contributed by atoms with Crippen molar-refractivity contribution >= 4 is 15.9 Å². The molecule has 0 atom stereocenters. The Morgan fingerprint density at radius 1 is 1.00 bits per heavy atom. The second kappa shape index (κ2) is 10.4. The Bertz CT molecular complexity index is 61.1. The van der Waals surface area contributed by atoms with E-state index in [-0.39, 0.29) is 6.61 Å². The predicted molar refractivity (Wildman–Crippen MR) is 50.2 cm³/mol. The third-order valence-corrected chi connectivity index (χ3v) is 1.93. The molecule has 0 bridgehead atoms. The molecule has 0 saturated heterocycles. The number of aliphatic hydroxyl groups excluding tert-OH is 1. The first-order valence-electron chi connectivity index (χ1n) is 4.16. The molecule has 2 nitrogen and oxygen atoms in total. The molecule has 3 heteroatoms. The zero-order chi connectivity index (χ0) is 8.36. The smallest absolute Gasteiger partial charge is 0.0466 e. The molecule has 0 heterocycles. The Morgan fingerprint density at radius 3 is 2.18 bits per heavy atom. The topological polar surface area (TPSA) is 29.5 Å². The first kappa shape index (κ1) is 11.4. The molecule has 0 unspecified atom stereocenters. The molecule has 0 amide bonds. The summed E-state index contributed by atoms with van der Waals surface area (Å²) in [6.07, 6.45) is 4.15. The van der Waals surface area contributed by atoms with Crippen molar-refractivity contribution in [2.45, 2.75) is 25.7 Å². The lowest BCUT2D eigenvalue weighted by Gasteiger charge is -2.01. The largest absolute Gasteiger partial charge is 0.396 e. The van der Waals surface area contributed by atoms with Crippen molar-refractivity contribution in [1.82, 2.24) is 0 Å². The minimum absolute atomic E-state index is 0.282. The molecule has 0 aliphatic heterocycles. The van der Waals surface area contributed by atoms with Crippen LogP contribution in [0.5, 0.6) is 0 Å². The van der Waals surface area contributed by atoms with Gasteiger partial charge in [0.1, 0.15) is 0 Å². The van der Waals surface area contributed by atoms with Crippen molar-refractivity contribution in [3.05, 3.63) is 0 Å². The fourth-order valence-corrected chi connectivity index (χ4v) is 1.11. The number of ether oxygens (including phenoxy) is 1. The molecule has 0 fully saturated rings. The molecule has 0 saturated carbocycles. The number of unbranched alkanes of at least 4 members (excludes halogenated alkanes) is 2. The van der Waals surface area contributed by atoms with E-state index in [9.17, 15) is 0 Å². The van der Waals surface area contributed by atoms with Crippen LogP contribution in [0.4, 0.5) is 0 Å². The predicted octanol–water partition coefficient (Wildman–Crippen LogP) is 1.95. The van der Waals surface area contributed by atoms with Crippen LogP contribution in [0.15, 0.2) is 0 Å². The molecular weight excluding hydrogens is 208 g/mol. The third kappa shape index (κ3) is 10.4. The van der Waals surface area contributed by atoms with Crippen molar-refractivity contribution in [2.24, 2.45) is 0 Å². The van der Waals surface area contributed by atoms with Crippen molar-refractivity contribution in [1.29, 1.82) is 0 Å². The molecule has 0 spiro atoms. The van der Waals surface area contributed by atoms with Gasteiger partial charge in [0, 0.05) is 25.2 Å². The van der Waals surface area contributed by atoms with Crippen molar-refractivity contribution in [2.75, 3.05) is 25.2 Å². The zero-order valence-electron chi connectivity index (χ0n) is 6.89. The van der Waals surface area contributed by atoms with Gasteiger partial charge in [0.2, 0.25) is 0 Å². The highest BCUT2D eigenvalue weighted by atomic mass is 79.9. The van der Waals surface area contributed by atoms with Gasteiger partial charge >= 0.3 is 0 Å². The average Bonchev–Trinajstić information content (AvgIpc) is 2.03. The molecule has 0 radical (unpaired) electrons. The van der Waals surface area contributed by atoms with Crippen LogP contribution in [0.3, 0.4) is 0 Å². The van der Waals surface area contributed by atoms with E-state index in [1.54, 1.807) is 0 Å².